The Hall–Kier alpha value is -0.810. The van der Waals surface area contributed by atoms with Gasteiger partial charge >= 0.3 is 0 Å². The van der Waals surface area contributed by atoms with Crippen LogP contribution in [0.2, 0.25) is 0 Å². The molecule has 0 aromatic heterocycles. The summed E-state index contributed by atoms with van der Waals surface area (Å²) in [6, 6.07) is -0.309. The van der Waals surface area contributed by atoms with Crippen LogP contribution in [0.3, 0.4) is 0 Å². The largest absolute Gasteiger partial charge is 0.353 e. The van der Waals surface area contributed by atoms with Crippen LogP contribution < -0.4 is 10.6 Å². The molecule has 6 heteroatoms. The summed E-state index contributed by atoms with van der Waals surface area (Å²) in [6.45, 7) is 4.85. The predicted molar refractivity (Wildman–Crippen MR) is 67.0 cm³/mol. The number of nitrogens with one attached hydrogen (secondary N) is 2. The molecular formula is C11H20ClN3O2. The molecule has 2 amide bonds. The molecule has 17 heavy (non-hydrogen) atoms. The topological polar surface area (TPSA) is 61.4 Å². The third kappa shape index (κ3) is 3.10. The van der Waals surface area contributed by atoms with Gasteiger partial charge in [0.1, 0.15) is 6.04 Å². The average Bonchev–Trinajstić information content (AvgIpc) is 2.33. The van der Waals surface area contributed by atoms with E-state index in [1.165, 1.54) is 0 Å². The summed E-state index contributed by atoms with van der Waals surface area (Å²) < 4.78 is 0. The molecule has 2 aliphatic heterocycles. The Balaban J connectivity index is 0.00000144. The minimum Gasteiger partial charge on any atom is -0.353 e. The van der Waals surface area contributed by atoms with E-state index in [0.717, 1.165) is 25.9 Å². The van der Waals surface area contributed by atoms with Gasteiger partial charge < -0.3 is 15.5 Å². The zero-order chi connectivity index (χ0) is 11.5. The maximum absolute atomic E-state index is 12.2. The van der Waals surface area contributed by atoms with Crippen LogP contribution in [-0.4, -0.2) is 48.9 Å². The van der Waals surface area contributed by atoms with E-state index in [9.17, 15) is 9.59 Å². The molecule has 1 unspecified atom stereocenters. The molecule has 0 aromatic carbocycles. The fourth-order valence-electron chi connectivity index (χ4n) is 2.39. The van der Waals surface area contributed by atoms with E-state index >= 15 is 0 Å². The van der Waals surface area contributed by atoms with Crippen LogP contribution in [0.4, 0.5) is 0 Å². The van der Waals surface area contributed by atoms with Crippen LogP contribution in [0, 0.1) is 5.92 Å². The summed E-state index contributed by atoms with van der Waals surface area (Å²) in [5, 5.41) is 6.02. The highest BCUT2D eigenvalue weighted by molar-refractivity contribution is 5.89. The number of hydrogen-bond donors (Lipinski definition) is 2. The quantitative estimate of drug-likeness (QED) is 0.685. The summed E-state index contributed by atoms with van der Waals surface area (Å²) in [7, 11) is 0. The maximum atomic E-state index is 12.2. The number of nitrogens with zero attached hydrogens (tertiary/aromatic N) is 1. The number of amides is 2. The van der Waals surface area contributed by atoms with Gasteiger partial charge in [-0.3, -0.25) is 9.59 Å². The standard InChI is InChI=1S/C11H19N3O2.ClH/c1-8-10(15)13-6-7-14(8)11(16)9-2-4-12-5-3-9;/h8-9,12H,2-7H2,1H3,(H,13,15);1H. The van der Waals surface area contributed by atoms with Crippen molar-refractivity contribution in [2.45, 2.75) is 25.8 Å². The van der Waals surface area contributed by atoms with E-state index in [1.54, 1.807) is 11.8 Å². The Morgan fingerprint density at radius 1 is 1.29 bits per heavy atom. The second kappa shape index (κ2) is 6.21. The normalized spacial score (nSPS) is 26.1. The third-order valence-corrected chi connectivity index (χ3v) is 3.47. The maximum Gasteiger partial charge on any atom is 0.242 e. The van der Waals surface area contributed by atoms with Gasteiger partial charge in [-0.1, -0.05) is 0 Å². The lowest BCUT2D eigenvalue weighted by Crippen LogP contribution is -2.57. The summed E-state index contributed by atoms with van der Waals surface area (Å²) in [6.07, 6.45) is 1.79. The number of carbonyl (C=O) groups excluding carboxylic acids is 2. The fraction of sp³-hybridized carbons (Fsp3) is 0.818. The van der Waals surface area contributed by atoms with Crippen molar-refractivity contribution in [2.75, 3.05) is 26.2 Å². The van der Waals surface area contributed by atoms with Crippen molar-refractivity contribution >= 4 is 24.2 Å². The van der Waals surface area contributed by atoms with Crippen molar-refractivity contribution < 1.29 is 9.59 Å². The second-order valence-corrected chi connectivity index (χ2v) is 4.52. The van der Waals surface area contributed by atoms with E-state index < -0.39 is 0 Å². The first-order valence-electron chi connectivity index (χ1n) is 5.99. The van der Waals surface area contributed by atoms with E-state index in [2.05, 4.69) is 10.6 Å². The lowest BCUT2D eigenvalue weighted by atomic mass is 9.95. The van der Waals surface area contributed by atoms with Crippen molar-refractivity contribution in [2.24, 2.45) is 5.92 Å². The van der Waals surface area contributed by atoms with Crippen molar-refractivity contribution in [3.8, 4) is 0 Å². The Morgan fingerprint density at radius 3 is 2.59 bits per heavy atom. The molecule has 2 rings (SSSR count). The van der Waals surface area contributed by atoms with Crippen LogP contribution in [0.25, 0.3) is 0 Å². The smallest absolute Gasteiger partial charge is 0.242 e. The SMILES string of the molecule is CC1C(=O)NCCN1C(=O)C1CCNCC1.Cl. The summed E-state index contributed by atoms with van der Waals surface area (Å²) in [4.78, 5) is 25.4. The minimum atomic E-state index is -0.309. The Labute approximate surface area is 108 Å². The van der Waals surface area contributed by atoms with Gasteiger partial charge in [-0.05, 0) is 32.9 Å². The zero-order valence-electron chi connectivity index (χ0n) is 10.1. The van der Waals surface area contributed by atoms with Gasteiger partial charge in [0.15, 0.2) is 0 Å². The van der Waals surface area contributed by atoms with Gasteiger partial charge in [0.2, 0.25) is 11.8 Å². The van der Waals surface area contributed by atoms with E-state index in [-0.39, 0.29) is 36.2 Å². The van der Waals surface area contributed by atoms with Crippen molar-refractivity contribution in [3.05, 3.63) is 0 Å². The van der Waals surface area contributed by atoms with Gasteiger partial charge in [-0.2, -0.15) is 0 Å². The highest BCUT2D eigenvalue weighted by atomic mass is 35.5. The van der Waals surface area contributed by atoms with E-state index in [0.29, 0.717) is 13.1 Å². The molecule has 2 saturated heterocycles. The first-order valence-corrected chi connectivity index (χ1v) is 5.99. The van der Waals surface area contributed by atoms with Crippen LogP contribution >= 0.6 is 12.4 Å². The first-order chi connectivity index (χ1) is 7.70. The summed E-state index contributed by atoms with van der Waals surface area (Å²) in [5.74, 6) is 0.229. The van der Waals surface area contributed by atoms with E-state index in [1.807, 2.05) is 0 Å². The number of piperidine rings is 1. The molecule has 2 N–H and O–H groups in total. The molecule has 5 nitrogen and oxygen atoms in total. The van der Waals surface area contributed by atoms with E-state index in [4.69, 9.17) is 0 Å². The van der Waals surface area contributed by atoms with Gasteiger partial charge in [-0.15, -0.1) is 12.4 Å². The lowest BCUT2D eigenvalue weighted by Gasteiger charge is -2.36. The molecule has 0 spiro atoms. The van der Waals surface area contributed by atoms with Gasteiger partial charge in [0.05, 0.1) is 0 Å². The van der Waals surface area contributed by atoms with Gasteiger partial charge in [-0.25, -0.2) is 0 Å². The number of halogens is 1. The molecule has 0 saturated carbocycles. The third-order valence-electron chi connectivity index (χ3n) is 3.47. The number of hydrogen-bond acceptors (Lipinski definition) is 3. The van der Waals surface area contributed by atoms with Crippen LogP contribution in [0.5, 0.6) is 0 Å². The van der Waals surface area contributed by atoms with Crippen LogP contribution in [0.1, 0.15) is 19.8 Å². The monoisotopic (exact) mass is 261 g/mol. The molecular weight excluding hydrogens is 242 g/mol. The fourth-order valence-corrected chi connectivity index (χ4v) is 2.39. The Kier molecular flexibility index (Phi) is 5.21. The molecule has 1 atom stereocenters. The van der Waals surface area contributed by atoms with Gasteiger partial charge in [0, 0.05) is 19.0 Å². The molecule has 0 aromatic rings. The predicted octanol–water partition coefficient (Wildman–Crippen LogP) is -0.245. The molecule has 2 fully saturated rings. The van der Waals surface area contributed by atoms with Crippen LogP contribution in [-0.2, 0) is 9.59 Å². The van der Waals surface area contributed by atoms with Crippen molar-refractivity contribution in [1.82, 2.24) is 15.5 Å². The number of piperazine rings is 1. The van der Waals surface area contributed by atoms with Gasteiger partial charge in [0.25, 0.3) is 0 Å². The summed E-state index contributed by atoms with van der Waals surface area (Å²) in [5.41, 5.74) is 0. The minimum absolute atomic E-state index is 0. The van der Waals surface area contributed by atoms with Crippen LogP contribution in [0.15, 0.2) is 0 Å². The van der Waals surface area contributed by atoms with Crippen molar-refractivity contribution in [1.29, 1.82) is 0 Å². The second-order valence-electron chi connectivity index (χ2n) is 4.52. The number of carbonyl (C=O) groups is 2. The highest BCUT2D eigenvalue weighted by Gasteiger charge is 2.33. The molecule has 2 heterocycles. The molecule has 2 aliphatic rings. The number of rotatable bonds is 1. The Bertz CT molecular complexity index is 292. The highest BCUT2D eigenvalue weighted by Crippen LogP contribution is 2.17. The first kappa shape index (κ1) is 14.3. The molecule has 0 bridgehead atoms. The molecule has 0 aliphatic carbocycles. The van der Waals surface area contributed by atoms with Crippen molar-refractivity contribution in [3.63, 3.8) is 0 Å². The molecule has 98 valence electrons. The summed E-state index contributed by atoms with van der Waals surface area (Å²) >= 11 is 0. The molecule has 0 radical (unpaired) electrons. The zero-order valence-corrected chi connectivity index (χ0v) is 10.9. The lowest BCUT2D eigenvalue weighted by molar-refractivity contribution is -0.146. The average molecular weight is 262 g/mol. The Morgan fingerprint density at radius 2 is 1.94 bits per heavy atom.